The maximum absolute atomic E-state index is 11.6. The van der Waals surface area contributed by atoms with Crippen molar-refractivity contribution in [2.45, 2.75) is 6.92 Å². The Hall–Kier alpha value is -1.82. The van der Waals surface area contributed by atoms with E-state index < -0.39 is 0 Å². The Bertz CT molecular complexity index is 652. The minimum atomic E-state index is -0.357. The number of hydrogen-bond acceptors (Lipinski definition) is 4. The van der Waals surface area contributed by atoms with Gasteiger partial charge in [-0.25, -0.2) is 0 Å². The molecule has 0 spiro atoms. The zero-order valence-corrected chi connectivity index (χ0v) is 11.4. The molecule has 94 valence electrons. The number of ether oxygens (including phenoxy) is 1. The van der Waals surface area contributed by atoms with Gasteiger partial charge in [0.15, 0.2) is 0 Å². The lowest BCUT2D eigenvalue weighted by Gasteiger charge is -2.06. The van der Waals surface area contributed by atoms with Gasteiger partial charge in [0.05, 0.1) is 17.1 Å². The van der Waals surface area contributed by atoms with Crippen molar-refractivity contribution in [1.29, 1.82) is 0 Å². The van der Waals surface area contributed by atoms with E-state index >= 15 is 0 Å². The van der Waals surface area contributed by atoms with Gasteiger partial charge in [0.25, 0.3) is 5.56 Å². The van der Waals surface area contributed by atoms with Crippen LogP contribution < -0.4 is 10.3 Å². The summed E-state index contributed by atoms with van der Waals surface area (Å²) in [6, 6.07) is 5.25. The number of aromatic nitrogens is 2. The molecular formula is C12H11BrN2O3. The van der Waals surface area contributed by atoms with Crippen molar-refractivity contribution in [2.24, 2.45) is 0 Å². The second-order valence-electron chi connectivity index (χ2n) is 3.71. The molecule has 0 amide bonds. The van der Waals surface area contributed by atoms with E-state index in [0.29, 0.717) is 17.1 Å². The van der Waals surface area contributed by atoms with Crippen molar-refractivity contribution in [3.05, 3.63) is 38.6 Å². The van der Waals surface area contributed by atoms with Crippen LogP contribution in [0.5, 0.6) is 11.6 Å². The number of rotatable bonds is 2. The summed E-state index contributed by atoms with van der Waals surface area (Å²) in [5.41, 5.74) is 0.519. The molecule has 2 aromatic rings. The van der Waals surface area contributed by atoms with Gasteiger partial charge >= 0.3 is 0 Å². The number of aromatic amines is 1. The van der Waals surface area contributed by atoms with E-state index in [1.165, 1.54) is 6.92 Å². The molecule has 0 saturated heterocycles. The van der Waals surface area contributed by atoms with Crippen molar-refractivity contribution in [2.75, 3.05) is 7.11 Å². The highest BCUT2D eigenvalue weighted by Gasteiger charge is 2.09. The summed E-state index contributed by atoms with van der Waals surface area (Å²) in [7, 11) is 1.57. The Kier molecular flexibility index (Phi) is 3.38. The third-order valence-electron chi connectivity index (χ3n) is 2.55. The van der Waals surface area contributed by atoms with Crippen LogP contribution in [0.1, 0.15) is 5.56 Å². The van der Waals surface area contributed by atoms with Crippen molar-refractivity contribution in [3.63, 3.8) is 0 Å². The molecule has 0 aliphatic rings. The number of nitrogens with zero attached hydrogens (tertiary/aromatic N) is 1. The van der Waals surface area contributed by atoms with Gasteiger partial charge < -0.3 is 14.8 Å². The quantitative estimate of drug-likeness (QED) is 0.892. The minimum absolute atomic E-state index is 0.200. The van der Waals surface area contributed by atoms with Gasteiger partial charge in [-0.3, -0.25) is 4.79 Å². The summed E-state index contributed by atoms with van der Waals surface area (Å²) in [5, 5.41) is 9.54. The van der Waals surface area contributed by atoms with Crippen LogP contribution in [0.4, 0.5) is 0 Å². The molecule has 0 atom stereocenters. The first kappa shape index (κ1) is 12.6. The standard InChI is InChI=1S/C12H11BrN2O3/c1-6-11(16)14-10(15-12(6)17)7-3-4-9(18-2)8(13)5-7/h3-5H,1-2H3,(H2,14,15,16,17). The zero-order chi connectivity index (χ0) is 13.3. The maximum Gasteiger partial charge on any atom is 0.257 e. The highest BCUT2D eigenvalue weighted by Crippen LogP contribution is 2.29. The van der Waals surface area contributed by atoms with E-state index in [1.807, 2.05) is 0 Å². The SMILES string of the molecule is COc1ccc(-c2nc(O)c(C)c(=O)[nH]2)cc1Br. The molecule has 2 N–H and O–H groups in total. The molecule has 0 fully saturated rings. The van der Waals surface area contributed by atoms with E-state index in [4.69, 9.17) is 4.74 Å². The normalized spacial score (nSPS) is 10.4. The van der Waals surface area contributed by atoms with Crippen LogP contribution in [0.2, 0.25) is 0 Å². The van der Waals surface area contributed by atoms with E-state index in [1.54, 1.807) is 25.3 Å². The number of nitrogens with one attached hydrogen (secondary N) is 1. The number of H-pyrrole nitrogens is 1. The van der Waals surface area contributed by atoms with Crippen LogP contribution in [-0.4, -0.2) is 22.2 Å². The van der Waals surface area contributed by atoms with E-state index in [2.05, 4.69) is 25.9 Å². The maximum atomic E-state index is 11.6. The molecule has 0 aliphatic carbocycles. The summed E-state index contributed by atoms with van der Waals surface area (Å²) in [6.07, 6.45) is 0. The fourth-order valence-corrected chi connectivity index (χ4v) is 2.01. The van der Waals surface area contributed by atoms with Crippen LogP contribution in [0.25, 0.3) is 11.4 Å². The van der Waals surface area contributed by atoms with Crippen LogP contribution in [0.15, 0.2) is 27.5 Å². The number of methoxy groups -OCH3 is 1. The Morgan fingerprint density at radius 1 is 1.44 bits per heavy atom. The monoisotopic (exact) mass is 310 g/mol. The van der Waals surface area contributed by atoms with Gasteiger partial charge in [0.2, 0.25) is 5.88 Å². The van der Waals surface area contributed by atoms with Gasteiger partial charge in [-0.2, -0.15) is 4.98 Å². The Labute approximate surface area is 112 Å². The number of aromatic hydroxyl groups is 1. The van der Waals surface area contributed by atoms with Crippen molar-refractivity contribution < 1.29 is 9.84 Å². The minimum Gasteiger partial charge on any atom is -0.496 e. The highest BCUT2D eigenvalue weighted by molar-refractivity contribution is 9.10. The molecule has 6 heteroatoms. The lowest BCUT2D eigenvalue weighted by molar-refractivity contribution is 0.412. The van der Waals surface area contributed by atoms with Gasteiger partial charge in [0.1, 0.15) is 11.6 Å². The van der Waals surface area contributed by atoms with Gasteiger partial charge in [-0.05, 0) is 41.1 Å². The Morgan fingerprint density at radius 3 is 2.72 bits per heavy atom. The number of hydrogen-bond donors (Lipinski definition) is 2. The molecular weight excluding hydrogens is 300 g/mol. The molecule has 0 bridgehead atoms. The Balaban J connectivity index is 2.56. The first-order valence-electron chi connectivity index (χ1n) is 5.16. The molecule has 2 rings (SSSR count). The van der Waals surface area contributed by atoms with E-state index in [0.717, 1.165) is 4.47 Å². The largest absolute Gasteiger partial charge is 0.496 e. The average molecular weight is 311 g/mol. The molecule has 0 aliphatic heterocycles. The summed E-state index contributed by atoms with van der Waals surface area (Å²) in [6.45, 7) is 1.51. The molecule has 1 aromatic heterocycles. The summed E-state index contributed by atoms with van der Waals surface area (Å²) in [5.74, 6) is 0.726. The van der Waals surface area contributed by atoms with Crippen LogP contribution >= 0.6 is 15.9 Å². The zero-order valence-electron chi connectivity index (χ0n) is 9.82. The van der Waals surface area contributed by atoms with Crippen molar-refractivity contribution in [1.82, 2.24) is 9.97 Å². The summed E-state index contributed by atoms with van der Waals surface area (Å²) in [4.78, 5) is 18.1. The fraction of sp³-hybridized carbons (Fsp3) is 0.167. The van der Waals surface area contributed by atoms with E-state index in [-0.39, 0.29) is 17.0 Å². The average Bonchev–Trinajstić information content (AvgIpc) is 2.35. The molecule has 1 aromatic carbocycles. The van der Waals surface area contributed by atoms with Gasteiger partial charge in [-0.15, -0.1) is 0 Å². The Morgan fingerprint density at radius 2 is 2.17 bits per heavy atom. The van der Waals surface area contributed by atoms with Gasteiger partial charge in [0, 0.05) is 5.56 Å². The molecule has 0 radical (unpaired) electrons. The lowest BCUT2D eigenvalue weighted by Crippen LogP contribution is -2.12. The van der Waals surface area contributed by atoms with Gasteiger partial charge in [-0.1, -0.05) is 0 Å². The van der Waals surface area contributed by atoms with Crippen LogP contribution in [0, 0.1) is 6.92 Å². The third kappa shape index (κ3) is 2.24. The first-order chi connectivity index (χ1) is 8.52. The second kappa shape index (κ2) is 4.81. The predicted octanol–water partition coefficient (Wildman–Crippen LogP) is 2.22. The van der Waals surface area contributed by atoms with Crippen molar-refractivity contribution >= 4 is 15.9 Å². The number of benzene rings is 1. The van der Waals surface area contributed by atoms with Crippen LogP contribution in [-0.2, 0) is 0 Å². The topological polar surface area (TPSA) is 75.2 Å². The molecule has 18 heavy (non-hydrogen) atoms. The smallest absolute Gasteiger partial charge is 0.257 e. The van der Waals surface area contributed by atoms with E-state index in [9.17, 15) is 9.90 Å². The third-order valence-corrected chi connectivity index (χ3v) is 3.17. The summed E-state index contributed by atoms with van der Waals surface area (Å²) < 4.78 is 5.85. The molecule has 1 heterocycles. The fourth-order valence-electron chi connectivity index (χ4n) is 1.47. The number of halogens is 1. The molecule has 5 nitrogen and oxygen atoms in total. The molecule has 0 unspecified atom stereocenters. The molecule has 0 saturated carbocycles. The first-order valence-corrected chi connectivity index (χ1v) is 5.96. The summed E-state index contributed by atoms with van der Waals surface area (Å²) >= 11 is 3.35. The predicted molar refractivity (Wildman–Crippen MR) is 70.9 cm³/mol. The lowest BCUT2D eigenvalue weighted by atomic mass is 10.2. The highest BCUT2D eigenvalue weighted by atomic mass is 79.9. The van der Waals surface area contributed by atoms with Crippen molar-refractivity contribution in [3.8, 4) is 23.0 Å². The second-order valence-corrected chi connectivity index (χ2v) is 4.57. The van der Waals surface area contributed by atoms with Crippen LogP contribution in [0.3, 0.4) is 0 Å².